The maximum absolute atomic E-state index is 11.9. The molecule has 0 fully saturated rings. The van der Waals surface area contributed by atoms with Gasteiger partial charge < -0.3 is 10.8 Å². The van der Waals surface area contributed by atoms with E-state index in [0.29, 0.717) is 15.1 Å². The van der Waals surface area contributed by atoms with Crippen LogP contribution in [0, 0.1) is 5.92 Å². The Labute approximate surface area is 156 Å². The maximum atomic E-state index is 11.9. The number of carbonyl (C=O) groups excluding carboxylic acids is 2. The third-order valence-corrected chi connectivity index (χ3v) is 6.20. The van der Waals surface area contributed by atoms with Crippen LogP contribution in [0.1, 0.15) is 33.6 Å². The van der Waals surface area contributed by atoms with E-state index < -0.39 is 28.0 Å². The van der Waals surface area contributed by atoms with Crippen molar-refractivity contribution in [1.29, 1.82) is 0 Å². The van der Waals surface area contributed by atoms with E-state index in [4.69, 9.17) is 22.4 Å². The first-order valence-electron chi connectivity index (χ1n) is 7.24. The Hall–Kier alpha value is -1.42. The lowest BCUT2D eigenvalue weighted by Gasteiger charge is -2.08. The van der Waals surface area contributed by atoms with Gasteiger partial charge in [-0.15, -0.1) is 11.3 Å². The number of carboxylic acids is 1. The van der Waals surface area contributed by atoms with Crippen LogP contribution in [0.15, 0.2) is 15.7 Å². The number of hydrogen-bond acceptors (Lipinski definition) is 6. The molecule has 0 bridgehead atoms. The van der Waals surface area contributed by atoms with Gasteiger partial charge in [0.25, 0.3) is 0 Å². The van der Waals surface area contributed by atoms with E-state index >= 15 is 0 Å². The highest BCUT2D eigenvalue weighted by molar-refractivity contribution is 8.00. The molecule has 7 nitrogen and oxygen atoms in total. The number of halogens is 1. The molecule has 1 heterocycles. The van der Waals surface area contributed by atoms with E-state index in [2.05, 4.69) is 24.4 Å². The normalized spacial score (nSPS) is 14.0. The molecule has 2 unspecified atom stereocenters. The Kier molecular flexibility index (Phi) is 9.95. The van der Waals surface area contributed by atoms with Gasteiger partial charge in [-0.2, -0.15) is 0 Å². The predicted octanol–water partition coefficient (Wildman–Crippen LogP) is 1.93. The first-order valence-corrected chi connectivity index (χ1v) is 10.2. The summed E-state index contributed by atoms with van der Waals surface area (Å²) in [6.45, 7) is 5.65. The van der Waals surface area contributed by atoms with Crippen LogP contribution in [0.5, 0.6) is 0 Å². The standard InChI is InChI=1S/C8H8ClNO4S2.C7H15NO/c1-16(14,8-2-5(9)4-15-8)10-6(11)3-7(12)13;1-5(2)4-7(8)6(3)9/h2,4H,1,3H2,(H,12,13)(H,10,11,14);5,7H,4,8H2,1-3H3. The van der Waals surface area contributed by atoms with E-state index in [1.54, 1.807) is 5.38 Å². The highest BCUT2D eigenvalue weighted by Crippen LogP contribution is 2.23. The van der Waals surface area contributed by atoms with Gasteiger partial charge in [-0.3, -0.25) is 19.1 Å². The quantitative estimate of drug-likeness (QED) is 0.465. The van der Waals surface area contributed by atoms with Crippen LogP contribution in [0.2, 0.25) is 5.02 Å². The zero-order valence-electron chi connectivity index (χ0n) is 14.3. The molecule has 0 saturated carbocycles. The minimum atomic E-state index is -3.01. The van der Waals surface area contributed by atoms with E-state index in [1.807, 2.05) is 0 Å². The van der Waals surface area contributed by atoms with Crippen LogP contribution in [0.3, 0.4) is 0 Å². The van der Waals surface area contributed by atoms with Crippen LogP contribution in [0.25, 0.3) is 0 Å². The monoisotopic (exact) mass is 410 g/mol. The lowest BCUT2D eigenvalue weighted by atomic mass is 10.0. The minimum Gasteiger partial charge on any atom is -0.481 e. The van der Waals surface area contributed by atoms with E-state index in [9.17, 15) is 18.6 Å². The molecule has 1 amide bonds. The fourth-order valence-electron chi connectivity index (χ4n) is 1.55. The van der Waals surface area contributed by atoms with Crippen LogP contribution in [0.4, 0.5) is 0 Å². The SMILES string of the molecule is C=S(=O)(NC(=O)CC(=O)O)c1cc(Cl)cs1.CC(=O)C(N)CC(C)C. The van der Waals surface area contributed by atoms with Crippen molar-refractivity contribution in [3.05, 3.63) is 16.5 Å². The average Bonchev–Trinajstić information content (AvgIpc) is 2.84. The zero-order valence-corrected chi connectivity index (χ0v) is 16.7. The van der Waals surface area contributed by atoms with E-state index in [0.717, 1.165) is 17.8 Å². The van der Waals surface area contributed by atoms with Crippen LogP contribution < -0.4 is 10.5 Å². The molecule has 2 atom stereocenters. The van der Waals surface area contributed by atoms with Crippen molar-refractivity contribution in [2.75, 3.05) is 0 Å². The lowest BCUT2D eigenvalue weighted by Crippen LogP contribution is -2.31. The summed E-state index contributed by atoms with van der Waals surface area (Å²) in [7, 11) is -3.01. The summed E-state index contributed by atoms with van der Waals surface area (Å²) in [5, 5.41) is 10.3. The number of rotatable bonds is 7. The van der Waals surface area contributed by atoms with Gasteiger partial charge in [0, 0.05) is 5.38 Å². The summed E-state index contributed by atoms with van der Waals surface area (Å²) in [6.07, 6.45) is 0.0565. The maximum Gasteiger partial charge on any atom is 0.312 e. The summed E-state index contributed by atoms with van der Waals surface area (Å²) in [5.74, 6) is 1.82. The highest BCUT2D eigenvalue weighted by atomic mass is 35.5. The molecule has 0 aromatic carbocycles. The van der Waals surface area contributed by atoms with Crippen LogP contribution in [-0.2, 0) is 24.1 Å². The van der Waals surface area contributed by atoms with Gasteiger partial charge in [0.15, 0.2) is 0 Å². The Balaban J connectivity index is 0.000000547. The van der Waals surface area contributed by atoms with Crippen molar-refractivity contribution in [1.82, 2.24) is 4.72 Å². The molecule has 1 rings (SSSR count). The predicted molar refractivity (Wildman–Crippen MR) is 101 cm³/mol. The molecule has 0 saturated heterocycles. The van der Waals surface area contributed by atoms with Gasteiger partial charge in [-0.05, 0) is 31.2 Å². The van der Waals surface area contributed by atoms with Gasteiger partial charge in [-0.25, -0.2) is 4.21 Å². The van der Waals surface area contributed by atoms with Crippen molar-refractivity contribution in [3.8, 4) is 0 Å². The van der Waals surface area contributed by atoms with Gasteiger partial charge in [0.2, 0.25) is 5.91 Å². The molecular formula is C15H23ClN2O5S2. The number of aliphatic carboxylic acids is 1. The van der Waals surface area contributed by atoms with Crippen LogP contribution in [-0.4, -0.2) is 38.9 Å². The molecule has 142 valence electrons. The van der Waals surface area contributed by atoms with Crippen molar-refractivity contribution in [2.45, 2.75) is 43.9 Å². The smallest absolute Gasteiger partial charge is 0.312 e. The fraction of sp³-hybridized carbons (Fsp3) is 0.467. The van der Waals surface area contributed by atoms with Crippen molar-refractivity contribution >= 4 is 56.2 Å². The molecule has 0 aliphatic carbocycles. The topological polar surface area (TPSA) is 127 Å². The Morgan fingerprint density at radius 1 is 1.44 bits per heavy atom. The Bertz CT molecular complexity index is 713. The number of thiophene rings is 1. The molecule has 1 aromatic rings. The molecule has 0 spiro atoms. The van der Waals surface area contributed by atoms with Crippen molar-refractivity contribution < 1.29 is 23.7 Å². The van der Waals surface area contributed by atoms with Crippen molar-refractivity contribution in [2.24, 2.45) is 11.7 Å². The van der Waals surface area contributed by atoms with Crippen molar-refractivity contribution in [3.63, 3.8) is 0 Å². The number of amides is 1. The molecule has 0 aliphatic rings. The largest absolute Gasteiger partial charge is 0.481 e. The van der Waals surface area contributed by atoms with Gasteiger partial charge in [0.1, 0.15) is 16.4 Å². The summed E-state index contributed by atoms with van der Waals surface area (Å²) in [4.78, 5) is 31.9. The number of carboxylic acid groups (broad SMARTS) is 1. The summed E-state index contributed by atoms with van der Waals surface area (Å²) in [5.41, 5.74) is 5.47. The van der Waals surface area contributed by atoms with Crippen LogP contribution >= 0.6 is 22.9 Å². The Morgan fingerprint density at radius 3 is 2.32 bits per heavy atom. The molecule has 25 heavy (non-hydrogen) atoms. The average molecular weight is 411 g/mol. The minimum absolute atomic E-state index is 0.0868. The second kappa shape index (κ2) is 10.5. The zero-order chi connectivity index (χ0) is 19.8. The fourth-order valence-corrected chi connectivity index (χ4v) is 4.16. The molecule has 1 aromatic heterocycles. The first-order chi connectivity index (χ1) is 11.3. The molecule has 0 radical (unpaired) electrons. The molecule has 4 N–H and O–H groups in total. The summed E-state index contributed by atoms with van der Waals surface area (Å²) < 4.78 is 14.3. The van der Waals surface area contributed by atoms with Gasteiger partial charge >= 0.3 is 5.97 Å². The third kappa shape index (κ3) is 10.2. The summed E-state index contributed by atoms with van der Waals surface area (Å²) >= 11 is 6.72. The van der Waals surface area contributed by atoms with Gasteiger partial charge in [0.05, 0.1) is 20.8 Å². The van der Waals surface area contributed by atoms with E-state index in [1.165, 1.54) is 13.0 Å². The number of nitrogens with two attached hydrogens (primary N) is 1. The number of hydrogen-bond donors (Lipinski definition) is 3. The molecule has 0 aliphatic heterocycles. The second-order valence-corrected chi connectivity index (χ2v) is 9.30. The number of ketones is 1. The number of Topliss-reactive ketones (excluding diaryl/α,β-unsaturated/α-hetero) is 1. The summed E-state index contributed by atoms with van der Waals surface area (Å²) in [6, 6.07) is 1.17. The number of carbonyl (C=O) groups is 3. The lowest BCUT2D eigenvalue weighted by molar-refractivity contribution is -0.140. The highest BCUT2D eigenvalue weighted by Gasteiger charge is 2.16. The molecular weight excluding hydrogens is 388 g/mol. The number of nitrogens with one attached hydrogen (secondary N) is 1. The van der Waals surface area contributed by atoms with Gasteiger partial charge in [-0.1, -0.05) is 25.4 Å². The third-order valence-electron chi connectivity index (χ3n) is 2.71. The second-order valence-electron chi connectivity index (χ2n) is 5.70. The Morgan fingerprint density at radius 2 is 2.00 bits per heavy atom. The van der Waals surface area contributed by atoms with E-state index in [-0.39, 0.29) is 11.8 Å². The first kappa shape index (κ1) is 23.6. The molecule has 10 heteroatoms.